The Balaban J connectivity index is 2.01. The van der Waals surface area contributed by atoms with Gasteiger partial charge in [0.1, 0.15) is 0 Å². The number of nitrogens with one attached hydrogen (secondary N) is 1. The molecule has 0 aromatic carbocycles. The minimum Gasteiger partial charge on any atom is -0.469 e. The molecule has 0 spiro atoms. The summed E-state index contributed by atoms with van der Waals surface area (Å²) in [6, 6.07) is 0. The lowest BCUT2D eigenvalue weighted by Gasteiger charge is -2.23. The minimum atomic E-state index is -0.376. The second kappa shape index (κ2) is 8.03. The van der Waals surface area contributed by atoms with Crippen molar-refractivity contribution in [2.24, 2.45) is 0 Å². The fraction of sp³-hybridized carbons (Fsp3) is 0.818. The van der Waals surface area contributed by atoms with Crippen molar-refractivity contribution < 1.29 is 23.8 Å². The van der Waals surface area contributed by atoms with Gasteiger partial charge in [-0.15, -0.1) is 0 Å². The van der Waals surface area contributed by atoms with Gasteiger partial charge in [0, 0.05) is 19.4 Å². The molecule has 1 heterocycles. The molecule has 0 radical (unpaired) electrons. The molecule has 1 rings (SSSR count). The summed E-state index contributed by atoms with van der Waals surface area (Å²) >= 11 is 0. The second-order valence-corrected chi connectivity index (χ2v) is 3.74. The van der Waals surface area contributed by atoms with E-state index in [4.69, 9.17) is 9.47 Å². The molecule has 98 valence electrons. The van der Waals surface area contributed by atoms with Crippen molar-refractivity contribution in [3.8, 4) is 0 Å². The maximum Gasteiger partial charge on any atom is 0.306 e. The Kier molecular flexibility index (Phi) is 6.57. The van der Waals surface area contributed by atoms with E-state index >= 15 is 0 Å². The van der Waals surface area contributed by atoms with E-state index in [1.54, 1.807) is 0 Å². The van der Waals surface area contributed by atoms with Crippen LogP contribution >= 0.6 is 0 Å². The summed E-state index contributed by atoms with van der Waals surface area (Å²) in [4.78, 5) is 22.1. The van der Waals surface area contributed by atoms with Crippen LogP contribution in [-0.2, 0) is 23.8 Å². The molecule has 0 aromatic heterocycles. The first-order chi connectivity index (χ1) is 8.22. The summed E-state index contributed by atoms with van der Waals surface area (Å²) in [7, 11) is 1.30. The van der Waals surface area contributed by atoms with Crippen LogP contribution in [-0.4, -0.2) is 45.0 Å². The van der Waals surface area contributed by atoms with Crippen LogP contribution in [0.4, 0.5) is 0 Å². The van der Waals surface area contributed by atoms with Gasteiger partial charge < -0.3 is 19.5 Å². The second-order valence-electron chi connectivity index (χ2n) is 3.74. The SMILES string of the molecule is COC(=O)CCC(=O)NCCC1OCCCO1. The molecule has 1 fully saturated rings. The van der Waals surface area contributed by atoms with Crippen LogP contribution in [0.3, 0.4) is 0 Å². The molecule has 6 heteroatoms. The van der Waals surface area contributed by atoms with Crippen LogP contribution in [0.25, 0.3) is 0 Å². The predicted molar refractivity (Wildman–Crippen MR) is 59.2 cm³/mol. The molecular weight excluding hydrogens is 226 g/mol. The third kappa shape index (κ3) is 6.23. The standard InChI is InChI=1S/C11H19NO5/c1-15-10(14)4-3-9(13)12-6-5-11-16-7-2-8-17-11/h11H,2-8H2,1H3,(H,12,13). The number of hydrogen-bond donors (Lipinski definition) is 1. The fourth-order valence-corrected chi connectivity index (χ4v) is 1.44. The maximum absolute atomic E-state index is 11.3. The van der Waals surface area contributed by atoms with Gasteiger partial charge in [-0.2, -0.15) is 0 Å². The highest BCUT2D eigenvalue weighted by Gasteiger charge is 2.14. The van der Waals surface area contributed by atoms with Crippen molar-refractivity contribution in [1.82, 2.24) is 5.32 Å². The first-order valence-corrected chi connectivity index (χ1v) is 5.79. The molecule has 17 heavy (non-hydrogen) atoms. The van der Waals surface area contributed by atoms with Gasteiger partial charge in [0.15, 0.2) is 6.29 Å². The molecule has 0 aliphatic carbocycles. The average molecular weight is 245 g/mol. The molecular formula is C11H19NO5. The molecule has 1 amide bonds. The Bertz CT molecular complexity index is 250. The van der Waals surface area contributed by atoms with Gasteiger partial charge in [-0.1, -0.05) is 0 Å². The van der Waals surface area contributed by atoms with E-state index in [1.165, 1.54) is 7.11 Å². The zero-order valence-corrected chi connectivity index (χ0v) is 10.1. The van der Waals surface area contributed by atoms with E-state index in [-0.39, 0.29) is 31.0 Å². The highest BCUT2D eigenvalue weighted by molar-refractivity contribution is 5.81. The Hall–Kier alpha value is -1.14. The number of carbonyl (C=O) groups excluding carboxylic acids is 2. The maximum atomic E-state index is 11.3. The van der Waals surface area contributed by atoms with Crippen LogP contribution < -0.4 is 5.32 Å². The lowest BCUT2D eigenvalue weighted by Crippen LogP contribution is -2.31. The van der Waals surface area contributed by atoms with Crippen LogP contribution in [0.5, 0.6) is 0 Å². The van der Waals surface area contributed by atoms with Gasteiger partial charge in [-0.25, -0.2) is 0 Å². The van der Waals surface area contributed by atoms with Gasteiger partial charge in [0.25, 0.3) is 0 Å². The number of esters is 1. The Labute approximate surface area is 101 Å². The van der Waals surface area contributed by atoms with Crippen LogP contribution in [0.1, 0.15) is 25.7 Å². The topological polar surface area (TPSA) is 73.9 Å². The highest BCUT2D eigenvalue weighted by Crippen LogP contribution is 2.07. The lowest BCUT2D eigenvalue weighted by atomic mass is 10.3. The quantitative estimate of drug-likeness (QED) is 0.677. The zero-order valence-electron chi connectivity index (χ0n) is 10.1. The summed E-state index contributed by atoms with van der Waals surface area (Å²) < 4.78 is 15.1. The van der Waals surface area contributed by atoms with E-state index in [0.29, 0.717) is 26.2 Å². The normalized spacial score (nSPS) is 16.5. The van der Waals surface area contributed by atoms with E-state index in [1.807, 2.05) is 0 Å². The number of amides is 1. The van der Waals surface area contributed by atoms with Crippen LogP contribution in [0.15, 0.2) is 0 Å². The smallest absolute Gasteiger partial charge is 0.306 e. The molecule has 6 nitrogen and oxygen atoms in total. The third-order valence-corrected chi connectivity index (χ3v) is 2.38. The zero-order chi connectivity index (χ0) is 12.5. The fourth-order valence-electron chi connectivity index (χ4n) is 1.44. The van der Waals surface area contributed by atoms with Crippen molar-refractivity contribution >= 4 is 11.9 Å². The summed E-state index contributed by atoms with van der Waals surface area (Å²) in [5.74, 6) is -0.537. The summed E-state index contributed by atoms with van der Waals surface area (Å²) in [6.45, 7) is 1.91. The van der Waals surface area contributed by atoms with Gasteiger partial charge in [-0.3, -0.25) is 9.59 Å². The third-order valence-electron chi connectivity index (χ3n) is 2.38. The predicted octanol–water partition coefficient (Wildman–Crippen LogP) is 0.209. The minimum absolute atomic E-state index is 0.110. The molecule has 0 saturated carbocycles. The van der Waals surface area contributed by atoms with Crippen molar-refractivity contribution in [3.63, 3.8) is 0 Å². The molecule has 0 bridgehead atoms. The number of carbonyl (C=O) groups is 2. The molecule has 0 atom stereocenters. The number of ether oxygens (including phenoxy) is 3. The largest absolute Gasteiger partial charge is 0.469 e. The van der Waals surface area contributed by atoms with Crippen molar-refractivity contribution in [2.75, 3.05) is 26.9 Å². The summed E-state index contributed by atoms with van der Waals surface area (Å²) in [5, 5.41) is 2.70. The molecule has 1 aliphatic heterocycles. The first-order valence-electron chi connectivity index (χ1n) is 5.79. The van der Waals surface area contributed by atoms with E-state index in [9.17, 15) is 9.59 Å². The van der Waals surface area contributed by atoms with Crippen molar-refractivity contribution in [1.29, 1.82) is 0 Å². The van der Waals surface area contributed by atoms with Gasteiger partial charge >= 0.3 is 5.97 Å². The molecule has 1 aliphatic rings. The highest BCUT2D eigenvalue weighted by atomic mass is 16.7. The van der Waals surface area contributed by atoms with Crippen molar-refractivity contribution in [3.05, 3.63) is 0 Å². The van der Waals surface area contributed by atoms with Gasteiger partial charge in [-0.05, 0) is 6.42 Å². The monoisotopic (exact) mass is 245 g/mol. The van der Waals surface area contributed by atoms with Crippen LogP contribution in [0.2, 0.25) is 0 Å². The Morgan fingerprint density at radius 1 is 1.29 bits per heavy atom. The van der Waals surface area contributed by atoms with E-state index < -0.39 is 0 Å². The summed E-state index contributed by atoms with van der Waals surface area (Å²) in [5.41, 5.74) is 0. The number of methoxy groups -OCH3 is 1. The van der Waals surface area contributed by atoms with Gasteiger partial charge in [0.05, 0.1) is 26.7 Å². The average Bonchev–Trinajstić information content (AvgIpc) is 2.37. The molecule has 0 aromatic rings. The number of hydrogen-bond acceptors (Lipinski definition) is 5. The van der Waals surface area contributed by atoms with Gasteiger partial charge in [0.2, 0.25) is 5.91 Å². The molecule has 1 N–H and O–H groups in total. The summed E-state index contributed by atoms with van der Waals surface area (Å²) in [6.07, 6.45) is 1.59. The van der Waals surface area contributed by atoms with Crippen LogP contribution in [0, 0.1) is 0 Å². The lowest BCUT2D eigenvalue weighted by molar-refractivity contribution is -0.180. The molecule has 1 saturated heterocycles. The first kappa shape index (κ1) is 13.9. The Morgan fingerprint density at radius 3 is 2.65 bits per heavy atom. The van der Waals surface area contributed by atoms with E-state index in [2.05, 4.69) is 10.1 Å². The number of rotatable bonds is 6. The van der Waals surface area contributed by atoms with Crippen molar-refractivity contribution in [2.45, 2.75) is 32.0 Å². The van der Waals surface area contributed by atoms with E-state index in [0.717, 1.165) is 6.42 Å². The molecule has 0 unspecified atom stereocenters. The Morgan fingerprint density at radius 2 is 2.00 bits per heavy atom.